The van der Waals surface area contributed by atoms with Crippen molar-refractivity contribution in [3.63, 3.8) is 0 Å². The maximum absolute atomic E-state index is 5.17. The van der Waals surface area contributed by atoms with Crippen LogP contribution in [0.2, 0.25) is 0 Å². The Hall–Kier alpha value is -4.48. The highest BCUT2D eigenvalue weighted by Gasteiger charge is 2.24. The molecule has 12 heteroatoms. The third-order valence-corrected chi connectivity index (χ3v) is 8.62. The second kappa shape index (κ2) is 11.7. The van der Waals surface area contributed by atoms with E-state index in [1.807, 2.05) is 0 Å². The molecule has 0 radical (unpaired) electrons. The van der Waals surface area contributed by atoms with Crippen LogP contribution in [0.25, 0.3) is 11.1 Å². The minimum atomic E-state index is 0.837. The maximum Gasteiger partial charge on any atom is 0.201 e. The first-order valence-corrected chi connectivity index (χ1v) is 15.0. The molecule has 0 aromatic heterocycles. The topological polar surface area (TPSA) is 84.1 Å². The van der Waals surface area contributed by atoms with Gasteiger partial charge in [0.25, 0.3) is 0 Å². The van der Waals surface area contributed by atoms with E-state index in [1.54, 1.807) is 0 Å². The third-order valence-electron chi connectivity index (χ3n) is 8.62. The summed E-state index contributed by atoms with van der Waals surface area (Å²) in [6.07, 6.45) is 0. The second-order valence-corrected chi connectivity index (χ2v) is 12.0. The summed E-state index contributed by atoms with van der Waals surface area (Å²) in [7, 11) is 14.6. The van der Waals surface area contributed by atoms with Gasteiger partial charge < -0.3 is 39.6 Å². The SMILES string of the molecule is CN1CCN(C)C1=Nc1ccc(-c2ccc(/N=C3\NCCN3C)c(N=C3N(C)CCN3C)c2)cc1N=C1N(C)CCN1C. The van der Waals surface area contributed by atoms with Gasteiger partial charge >= 0.3 is 0 Å². The average molecular weight is 585 g/mol. The van der Waals surface area contributed by atoms with Gasteiger partial charge in [-0.1, -0.05) is 12.1 Å². The lowest BCUT2D eigenvalue weighted by Gasteiger charge is -2.19. The first kappa shape index (κ1) is 28.6. The van der Waals surface area contributed by atoms with Gasteiger partial charge in [0.05, 0.1) is 22.7 Å². The lowest BCUT2D eigenvalue weighted by atomic mass is 10.0. The van der Waals surface area contributed by atoms with Gasteiger partial charge in [-0.25, -0.2) is 20.0 Å². The van der Waals surface area contributed by atoms with E-state index in [0.29, 0.717) is 0 Å². The van der Waals surface area contributed by atoms with Crippen LogP contribution in [0.4, 0.5) is 22.7 Å². The highest BCUT2D eigenvalue weighted by Crippen LogP contribution is 2.38. The number of aliphatic imine (C=N–C) groups is 4. The van der Waals surface area contributed by atoms with Crippen molar-refractivity contribution in [2.75, 3.05) is 102 Å². The van der Waals surface area contributed by atoms with Crippen molar-refractivity contribution in [3.8, 4) is 11.1 Å². The van der Waals surface area contributed by atoms with Gasteiger partial charge in [0.15, 0.2) is 5.96 Å². The van der Waals surface area contributed by atoms with E-state index in [-0.39, 0.29) is 0 Å². The first-order valence-electron chi connectivity index (χ1n) is 15.0. The Morgan fingerprint density at radius 2 is 0.814 bits per heavy atom. The van der Waals surface area contributed by atoms with Gasteiger partial charge in [0, 0.05) is 102 Å². The number of hydrogen-bond donors (Lipinski definition) is 1. The van der Waals surface area contributed by atoms with Crippen LogP contribution in [0.1, 0.15) is 0 Å². The van der Waals surface area contributed by atoms with Gasteiger partial charge in [0.1, 0.15) is 0 Å². The van der Waals surface area contributed by atoms with Crippen LogP contribution in [-0.4, -0.2) is 160 Å². The highest BCUT2D eigenvalue weighted by atomic mass is 15.4. The maximum atomic E-state index is 5.17. The molecule has 0 bridgehead atoms. The molecule has 12 nitrogen and oxygen atoms in total. The Morgan fingerprint density at radius 1 is 0.442 bits per heavy atom. The molecule has 2 aromatic rings. The molecule has 43 heavy (non-hydrogen) atoms. The molecular weight excluding hydrogens is 540 g/mol. The zero-order chi connectivity index (χ0) is 30.2. The normalized spacial score (nSPS) is 19.9. The summed E-state index contributed by atoms with van der Waals surface area (Å²) in [5.41, 5.74) is 5.50. The van der Waals surface area contributed by atoms with E-state index in [4.69, 9.17) is 20.0 Å². The molecule has 0 spiro atoms. The van der Waals surface area contributed by atoms with Crippen molar-refractivity contribution in [2.45, 2.75) is 0 Å². The molecule has 4 aliphatic rings. The van der Waals surface area contributed by atoms with Crippen molar-refractivity contribution in [3.05, 3.63) is 36.4 Å². The number of benzene rings is 2. The minimum Gasteiger partial charge on any atom is -0.354 e. The van der Waals surface area contributed by atoms with E-state index in [1.165, 1.54) is 0 Å². The monoisotopic (exact) mass is 584 g/mol. The Bertz CT molecular complexity index is 1460. The molecule has 4 heterocycles. The smallest absolute Gasteiger partial charge is 0.201 e. The Labute approximate surface area is 255 Å². The van der Waals surface area contributed by atoms with Crippen molar-refractivity contribution in [1.82, 2.24) is 39.6 Å². The average Bonchev–Trinajstić information content (AvgIpc) is 3.73. The molecule has 0 unspecified atom stereocenters. The fourth-order valence-corrected chi connectivity index (χ4v) is 5.80. The van der Waals surface area contributed by atoms with Crippen molar-refractivity contribution >= 4 is 46.6 Å². The molecule has 1 N–H and O–H groups in total. The molecule has 4 fully saturated rings. The van der Waals surface area contributed by atoms with Crippen LogP contribution in [0.3, 0.4) is 0 Å². The number of guanidine groups is 4. The fraction of sp³-hybridized carbons (Fsp3) is 0.484. The first-order chi connectivity index (χ1) is 20.7. The molecule has 0 atom stereocenters. The standard InChI is InChI=1S/C31H44N12/c1-37-13-12-32-28(37)33-24-10-8-22(20-26(24)35-30-40(4)16-17-41(30)5)23-9-11-25(34-29-38(2)14-15-39(29)3)27(21-23)36-31-42(6)18-19-43(31)7/h8-11,20-21H,12-19H2,1-7H3,(H,32,33). The molecule has 0 amide bonds. The minimum absolute atomic E-state index is 0.837. The predicted molar refractivity (Wildman–Crippen MR) is 177 cm³/mol. The lowest BCUT2D eigenvalue weighted by Crippen LogP contribution is -2.28. The molecule has 6 rings (SSSR count). The summed E-state index contributed by atoms with van der Waals surface area (Å²) in [5.74, 6) is 3.72. The van der Waals surface area contributed by atoms with Gasteiger partial charge in [-0.15, -0.1) is 0 Å². The Morgan fingerprint density at radius 3 is 1.19 bits per heavy atom. The van der Waals surface area contributed by atoms with Crippen molar-refractivity contribution in [1.29, 1.82) is 0 Å². The number of hydrogen-bond acceptors (Lipinski definition) is 4. The molecule has 0 aliphatic carbocycles. The summed E-state index contributed by atoms with van der Waals surface area (Å²) in [6.45, 7) is 7.54. The summed E-state index contributed by atoms with van der Waals surface area (Å²) in [4.78, 5) is 35.7. The summed E-state index contributed by atoms with van der Waals surface area (Å²) in [5, 5.41) is 3.40. The molecule has 4 aliphatic heterocycles. The zero-order valence-electron chi connectivity index (χ0n) is 26.5. The highest BCUT2D eigenvalue weighted by molar-refractivity contribution is 5.92. The number of likely N-dealkylation sites (N-methyl/N-ethyl adjacent to an activating group) is 7. The third kappa shape index (κ3) is 5.78. The molecule has 0 saturated carbocycles. The Balaban J connectivity index is 1.46. The summed E-state index contributed by atoms with van der Waals surface area (Å²) < 4.78 is 0. The van der Waals surface area contributed by atoms with Crippen molar-refractivity contribution in [2.24, 2.45) is 20.0 Å². The van der Waals surface area contributed by atoms with E-state index in [2.05, 4.69) is 125 Å². The number of nitrogens with zero attached hydrogens (tertiary/aromatic N) is 11. The zero-order valence-corrected chi connectivity index (χ0v) is 26.5. The van der Waals surface area contributed by atoms with Crippen LogP contribution in [0.15, 0.2) is 56.4 Å². The van der Waals surface area contributed by atoms with Gasteiger partial charge in [-0.05, 0) is 35.4 Å². The largest absolute Gasteiger partial charge is 0.354 e. The van der Waals surface area contributed by atoms with E-state index in [9.17, 15) is 0 Å². The summed E-state index contributed by atoms with van der Waals surface area (Å²) in [6, 6.07) is 12.7. The van der Waals surface area contributed by atoms with Gasteiger partial charge in [0.2, 0.25) is 17.9 Å². The van der Waals surface area contributed by atoms with Crippen molar-refractivity contribution < 1.29 is 0 Å². The van der Waals surface area contributed by atoms with Crippen LogP contribution in [0.5, 0.6) is 0 Å². The second-order valence-electron chi connectivity index (χ2n) is 12.0. The van der Waals surface area contributed by atoms with E-state index < -0.39 is 0 Å². The fourth-order valence-electron chi connectivity index (χ4n) is 5.80. The predicted octanol–water partition coefficient (Wildman–Crippen LogP) is 2.47. The van der Waals surface area contributed by atoms with E-state index in [0.717, 1.165) is 110 Å². The van der Waals surface area contributed by atoms with Crippen LogP contribution in [0, 0.1) is 0 Å². The van der Waals surface area contributed by atoms with Crippen LogP contribution >= 0.6 is 0 Å². The van der Waals surface area contributed by atoms with Crippen LogP contribution < -0.4 is 5.32 Å². The molecule has 228 valence electrons. The van der Waals surface area contributed by atoms with Crippen LogP contribution in [-0.2, 0) is 0 Å². The van der Waals surface area contributed by atoms with Gasteiger partial charge in [-0.2, -0.15) is 0 Å². The molecular formula is C31H44N12. The van der Waals surface area contributed by atoms with E-state index >= 15 is 0 Å². The molecule has 2 aromatic carbocycles. The number of rotatable bonds is 5. The summed E-state index contributed by atoms with van der Waals surface area (Å²) >= 11 is 0. The lowest BCUT2D eigenvalue weighted by molar-refractivity contribution is 0.553. The number of nitrogens with one attached hydrogen (secondary N) is 1. The Kier molecular flexibility index (Phi) is 7.76. The molecule has 4 saturated heterocycles. The van der Waals surface area contributed by atoms with Gasteiger partial charge in [-0.3, -0.25) is 0 Å². The quantitative estimate of drug-likeness (QED) is 0.574.